The molecule has 0 saturated heterocycles. The number of benzene rings is 2. The highest BCUT2D eigenvalue weighted by molar-refractivity contribution is 6.35. The van der Waals surface area contributed by atoms with E-state index in [1.165, 1.54) is 4.90 Å². The van der Waals surface area contributed by atoms with Crippen LogP contribution in [0.1, 0.15) is 15.9 Å². The minimum absolute atomic E-state index is 0.216. The van der Waals surface area contributed by atoms with Crippen molar-refractivity contribution in [3.05, 3.63) is 58.6 Å². The molecule has 0 unspecified atom stereocenters. The molecule has 0 atom stereocenters. The van der Waals surface area contributed by atoms with E-state index in [2.05, 4.69) is 0 Å². The minimum atomic E-state index is -0.216. The van der Waals surface area contributed by atoms with Crippen LogP contribution in [-0.2, 0) is 0 Å². The first-order valence-corrected chi connectivity index (χ1v) is 6.27. The Hall–Kier alpha value is -2.00. The highest BCUT2D eigenvalue weighted by Crippen LogP contribution is 2.25. The molecule has 2 aromatic rings. The van der Waals surface area contributed by atoms with Crippen LogP contribution in [-0.4, -0.2) is 13.0 Å². The van der Waals surface area contributed by atoms with Gasteiger partial charge in [-0.25, -0.2) is 0 Å². The summed E-state index contributed by atoms with van der Waals surface area (Å²) >= 11 is 6.05. The van der Waals surface area contributed by atoms with Gasteiger partial charge in [-0.1, -0.05) is 35.4 Å². The summed E-state index contributed by atoms with van der Waals surface area (Å²) in [5.41, 5.74) is 8.50. The molecule has 1 amide bonds. The second-order valence-electron chi connectivity index (χ2n) is 4.40. The summed E-state index contributed by atoms with van der Waals surface area (Å²) in [6.07, 6.45) is 0. The number of halogens is 1. The van der Waals surface area contributed by atoms with Gasteiger partial charge in [0.05, 0.1) is 10.6 Å². The fourth-order valence-electron chi connectivity index (χ4n) is 1.82. The third kappa shape index (κ3) is 2.71. The van der Waals surface area contributed by atoms with Crippen molar-refractivity contribution in [3.8, 4) is 0 Å². The van der Waals surface area contributed by atoms with E-state index in [9.17, 15) is 4.79 Å². The average Bonchev–Trinajstić information content (AvgIpc) is 2.38. The van der Waals surface area contributed by atoms with Crippen molar-refractivity contribution in [1.29, 1.82) is 0 Å². The molecule has 98 valence electrons. The van der Waals surface area contributed by atoms with E-state index < -0.39 is 0 Å². The van der Waals surface area contributed by atoms with Crippen LogP contribution in [0, 0.1) is 6.92 Å². The maximum atomic E-state index is 12.4. The largest absolute Gasteiger partial charge is 0.398 e. The summed E-state index contributed by atoms with van der Waals surface area (Å²) in [5.74, 6) is -0.216. The van der Waals surface area contributed by atoms with Crippen molar-refractivity contribution in [2.45, 2.75) is 6.92 Å². The molecule has 0 radical (unpaired) electrons. The molecule has 0 fully saturated rings. The summed E-state index contributed by atoms with van der Waals surface area (Å²) in [4.78, 5) is 14.0. The summed E-state index contributed by atoms with van der Waals surface area (Å²) in [6.45, 7) is 2.00. The Bertz CT molecular complexity index is 588. The highest BCUT2D eigenvalue weighted by atomic mass is 35.5. The lowest BCUT2D eigenvalue weighted by Gasteiger charge is -2.19. The van der Waals surface area contributed by atoms with Crippen LogP contribution in [0.2, 0.25) is 5.02 Å². The van der Waals surface area contributed by atoms with E-state index in [4.69, 9.17) is 17.3 Å². The summed E-state index contributed by atoms with van der Waals surface area (Å²) in [5, 5.41) is 0.365. The van der Waals surface area contributed by atoms with E-state index in [-0.39, 0.29) is 5.91 Å². The number of aryl methyl sites for hydroxylation is 1. The lowest BCUT2D eigenvalue weighted by Crippen LogP contribution is -2.27. The number of rotatable bonds is 2. The fraction of sp³-hybridized carbons (Fsp3) is 0.133. The molecule has 2 rings (SSSR count). The molecule has 0 aliphatic heterocycles. The van der Waals surface area contributed by atoms with Gasteiger partial charge in [0.1, 0.15) is 0 Å². The zero-order valence-electron chi connectivity index (χ0n) is 10.9. The SMILES string of the molecule is Cc1ccc(N(C)C(=O)c2c(N)cccc2Cl)cc1. The van der Waals surface area contributed by atoms with Crippen LogP contribution in [0.25, 0.3) is 0 Å². The molecule has 2 aromatic carbocycles. The Kier molecular flexibility index (Phi) is 3.76. The van der Waals surface area contributed by atoms with Crippen molar-refractivity contribution in [3.63, 3.8) is 0 Å². The smallest absolute Gasteiger partial charge is 0.261 e. The Balaban J connectivity index is 2.36. The zero-order valence-corrected chi connectivity index (χ0v) is 11.6. The topological polar surface area (TPSA) is 46.3 Å². The molecular formula is C15H15ClN2O. The maximum Gasteiger partial charge on any atom is 0.261 e. The first kappa shape index (κ1) is 13.4. The van der Waals surface area contributed by atoms with Crippen LogP contribution in [0.3, 0.4) is 0 Å². The quantitative estimate of drug-likeness (QED) is 0.852. The number of carbonyl (C=O) groups is 1. The number of hydrogen-bond donors (Lipinski definition) is 1. The molecule has 2 N–H and O–H groups in total. The highest BCUT2D eigenvalue weighted by Gasteiger charge is 2.18. The maximum absolute atomic E-state index is 12.4. The first-order valence-electron chi connectivity index (χ1n) is 5.89. The van der Waals surface area contributed by atoms with Gasteiger partial charge in [0.15, 0.2) is 0 Å². The van der Waals surface area contributed by atoms with Crippen LogP contribution < -0.4 is 10.6 Å². The van der Waals surface area contributed by atoms with E-state index in [0.29, 0.717) is 16.3 Å². The molecule has 0 heterocycles. The van der Waals surface area contributed by atoms with Gasteiger partial charge >= 0.3 is 0 Å². The predicted octanol–water partition coefficient (Wildman–Crippen LogP) is 3.51. The number of amides is 1. The van der Waals surface area contributed by atoms with Gasteiger partial charge in [-0.15, -0.1) is 0 Å². The summed E-state index contributed by atoms with van der Waals surface area (Å²) in [7, 11) is 1.70. The lowest BCUT2D eigenvalue weighted by molar-refractivity contribution is 0.0994. The van der Waals surface area contributed by atoms with Crippen molar-refractivity contribution in [2.24, 2.45) is 0 Å². The fourth-order valence-corrected chi connectivity index (χ4v) is 2.08. The van der Waals surface area contributed by atoms with Gasteiger partial charge in [0.2, 0.25) is 0 Å². The van der Waals surface area contributed by atoms with E-state index in [1.807, 2.05) is 31.2 Å². The zero-order chi connectivity index (χ0) is 14.0. The van der Waals surface area contributed by atoms with Crippen LogP contribution in [0.15, 0.2) is 42.5 Å². The van der Waals surface area contributed by atoms with Crippen molar-refractivity contribution in [1.82, 2.24) is 0 Å². The molecule has 0 bridgehead atoms. The van der Waals surface area contributed by atoms with Crippen molar-refractivity contribution >= 4 is 28.9 Å². The summed E-state index contributed by atoms with van der Waals surface area (Å²) in [6, 6.07) is 12.7. The summed E-state index contributed by atoms with van der Waals surface area (Å²) < 4.78 is 0. The number of nitrogens with two attached hydrogens (primary N) is 1. The molecule has 3 nitrogen and oxygen atoms in total. The first-order chi connectivity index (χ1) is 9.00. The number of anilines is 2. The van der Waals surface area contributed by atoms with Gasteiger partial charge in [0, 0.05) is 18.4 Å². The normalized spacial score (nSPS) is 10.3. The molecule has 0 saturated carbocycles. The van der Waals surface area contributed by atoms with Gasteiger partial charge in [-0.05, 0) is 31.2 Å². The third-order valence-corrected chi connectivity index (χ3v) is 3.30. The van der Waals surface area contributed by atoms with Crippen molar-refractivity contribution in [2.75, 3.05) is 17.7 Å². The van der Waals surface area contributed by atoms with Gasteiger partial charge < -0.3 is 10.6 Å². The van der Waals surface area contributed by atoms with Gasteiger partial charge in [0.25, 0.3) is 5.91 Å². The van der Waals surface area contributed by atoms with E-state index in [0.717, 1.165) is 11.3 Å². The molecule has 0 aliphatic rings. The lowest BCUT2D eigenvalue weighted by atomic mass is 10.1. The Labute approximate surface area is 117 Å². The number of hydrogen-bond acceptors (Lipinski definition) is 2. The van der Waals surface area contributed by atoms with E-state index in [1.54, 1.807) is 25.2 Å². The third-order valence-electron chi connectivity index (χ3n) is 2.99. The van der Waals surface area contributed by atoms with E-state index >= 15 is 0 Å². The van der Waals surface area contributed by atoms with Crippen LogP contribution >= 0.6 is 11.6 Å². The van der Waals surface area contributed by atoms with Gasteiger partial charge in [-0.3, -0.25) is 4.79 Å². The number of nitrogens with zero attached hydrogens (tertiary/aromatic N) is 1. The van der Waals surface area contributed by atoms with Gasteiger partial charge in [-0.2, -0.15) is 0 Å². The Morgan fingerprint density at radius 1 is 1.16 bits per heavy atom. The van der Waals surface area contributed by atoms with Crippen LogP contribution in [0.5, 0.6) is 0 Å². The molecular weight excluding hydrogens is 260 g/mol. The second kappa shape index (κ2) is 5.33. The minimum Gasteiger partial charge on any atom is -0.398 e. The predicted molar refractivity (Wildman–Crippen MR) is 79.8 cm³/mol. The molecule has 19 heavy (non-hydrogen) atoms. The number of nitrogen functional groups attached to an aromatic ring is 1. The monoisotopic (exact) mass is 274 g/mol. The van der Waals surface area contributed by atoms with Crippen molar-refractivity contribution < 1.29 is 4.79 Å². The average molecular weight is 275 g/mol. The second-order valence-corrected chi connectivity index (χ2v) is 4.81. The molecule has 0 aromatic heterocycles. The Morgan fingerprint density at radius 3 is 2.37 bits per heavy atom. The molecule has 0 aliphatic carbocycles. The molecule has 0 spiro atoms. The molecule has 4 heteroatoms. The standard InChI is InChI=1S/C15H15ClN2O/c1-10-6-8-11(9-7-10)18(2)15(19)14-12(16)4-3-5-13(14)17/h3-9H,17H2,1-2H3. The number of carbonyl (C=O) groups excluding carboxylic acids is 1. The van der Waals surface area contributed by atoms with Crippen LogP contribution in [0.4, 0.5) is 11.4 Å². The Morgan fingerprint density at radius 2 is 1.79 bits per heavy atom.